The van der Waals surface area contributed by atoms with Crippen molar-refractivity contribution in [3.05, 3.63) is 41.5 Å². The molecule has 1 amide bonds. The zero-order chi connectivity index (χ0) is 13.4. The van der Waals surface area contributed by atoms with Crippen LogP contribution in [0, 0.1) is 13.8 Å². The van der Waals surface area contributed by atoms with Crippen LogP contribution >= 0.6 is 0 Å². The van der Waals surface area contributed by atoms with Crippen LogP contribution in [0.1, 0.15) is 29.6 Å². The molecule has 0 saturated carbocycles. The monoisotopic (exact) mass is 257 g/mol. The third-order valence-corrected chi connectivity index (χ3v) is 3.42. The number of benzene rings is 1. The normalized spacial score (nSPS) is 19.2. The zero-order valence-electron chi connectivity index (χ0n) is 11.0. The molecule has 1 aromatic heterocycles. The molecule has 1 aliphatic heterocycles. The molecule has 19 heavy (non-hydrogen) atoms. The van der Waals surface area contributed by atoms with Crippen molar-refractivity contribution in [3.63, 3.8) is 0 Å². The van der Waals surface area contributed by atoms with Gasteiger partial charge in [0.1, 0.15) is 0 Å². The summed E-state index contributed by atoms with van der Waals surface area (Å²) in [7, 11) is 0. The Bertz CT molecular complexity index is 621. The van der Waals surface area contributed by atoms with Crippen LogP contribution in [-0.4, -0.2) is 22.6 Å². The second-order valence-corrected chi connectivity index (χ2v) is 4.87. The summed E-state index contributed by atoms with van der Waals surface area (Å²) in [5, 5.41) is 3.79. The molecular formula is C14H15N3O2. The number of carbonyl (C=O) groups is 1. The first-order chi connectivity index (χ1) is 9.15. The molecule has 98 valence electrons. The molecule has 0 spiro atoms. The summed E-state index contributed by atoms with van der Waals surface area (Å²) in [6.07, 6.45) is 0.427. The van der Waals surface area contributed by atoms with Crippen LogP contribution in [-0.2, 0) is 4.79 Å². The molecule has 2 heterocycles. The topological polar surface area (TPSA) is 59.2 Å². The van der Waals surface area contributed by atoms with Crippen molar-refractivity contribution in [1.29, 1.82) is 0 Å². The molecule has 5 nitrogen and oxygen atoms in total. The highest BCUT2D eigenvalue weighted by Crippen LogP contribution is 2.32. The third kappa shape index (κ3) is 2.12. The standard InChI is InChI=1S/C14H15N3O2/c1-9-5-3-4-6-12(9)17-8-11(7-13(17)18)14-15-10(2)16-19-14/h3-6,11H,7-8H2,1-2H3/t11-/m0/s1. The Morgan fingerprint density at radius 1 is 1.32 bits per heavy atom. The van der Waals surface area contributed by atoms with Gasteiger partial charge in [0.05, 0.1) is 5.92 Å². The zero-order valence-corrected chi connectivity index (χ0v) is 11.0. The second kappa shape index (κ2) is 4.50. The summed E-state index contributed by atoms with van der Waals surface area (Å²) >= 11 is 0. The number of anilines is 1. The summed E-state index contributed by atoms with van der Waals surface area (Å²) in [4.78, 5) is 18.2. The minimum absolute atomic E-state index is 0.00620. The smallest absolute Gasteiger partial charge is 0.232 e. The van der Waals surface area contributed by atoms with Gasteiger partial charge in [0.25, 0.3) is 0 Å². The van der Waals surface area contributed by atoms with E-state index < -0.39 is 0 Å². The molecule has 0 unspecified atom stereocenters. The van der Waals surface area contributed by atoms with Crippen LogP contribution in [0.2, 0.25) is 0 Å². The van der Waals surface area contributed by atoms with E-state index in [4.69, 9.17) is 4.52 Å². The van der Waals surface area contributed by atoms with Gasteiger partial charge < -0.3 is 9.42 Å². The number of nitrogens with zero attached hydrogens (tertiary/aromatic N) is 3. The number of carbonyl (C=O) groups excluding carboxylic acids is 1. The quantitative estimate of drug-likeness (QED) is 0.827. The van der Waals surface area contributed by atoms with Crippen molar-refractivity contribution in [2.75, 3.05) is 11.4 Å². The minimum Gasteiger partial charge on any atom is -0.339 e. The molecule has 3 rings (SSSR count). The van der Waals surface area contributed by atoms with E-state index in [1.54, 1.807) is 11.8 Å². The van der Waals surface area contributed by atoms with Crippen LogP contribution in [0.5, 0.6) is 0 Å². The lowest BCUT2D eigenvalue weighted by atomic mass is 10.1. The maximum absolute atomic E-state index is 12.2. The van der Waals surface area contributed by atoms with E-state index >= 15 is 0 Å². The van der Waals surface area contributed by atoms with Gasteiger partial charge in [-0.2, -0.15) is 4.98 Å². The van der Waals surface area contributed by atoms with Crippen LogP contribution in [0.3, 0.4) is 0 Å². The number of aromatic nitrogens is 2. The molecule has 1 fully saturated rings. The molecule has 0 bridgehead atoms. The first kappa shape index (κ1) is 11.9. The SMILES string of the molecule is Cc1noc([C@H]2CC(=O)N(c3ccccc3C)C2)n1. The van der Waals surface area contributed by atoms with Gasteiger partial charge in [0.15, 0.2) is 5.82 Å². The number of hydrogen-bond acceptors (Lipinski definition) is 4. The lowest BCUT2D eigenvalue weighted by Crippen LogP contribution is -2.25. The van der Waals surface area contributed by atoms with Crippen LogP contribution in [0.15, 0.2) is 28.8 Å². The van der Waals surface area contributed by atoms with E-state index in [0.29, 0.717) is 24.7 Å². The fourth-order valence-electron chi connectivity index (χ4n) is 2.45. The maximum Gasteiger partial charge on any atom is 0.232 e. The van der Waals surface area contributed by atoms with Crippen LogP contribution < -0.4 is 4.90 Å². The molecule has 1 aliphatic rings. The van der Waals surface area contributed by atoms with Crippen LogP contribution in [0.4, 0.5) is 5.69 Å². The first-order valence-corrected chi connectivity index (χ1v) is 6.31. The predicted octanol–water partition coefficient (Wildman–Crippen LogP) is 2.21. The first-order valence-electron chi connectivity index (χ1n) is 6.31. The molecule has 1 atom stereocenters. The van der Waals surface area contributed by atoms with Crippen LogP contribution in [0.25, 0.3) is 0 Å². The van der Waals surface area contributed by atoms with Crippen molar-refractivity contribution >= 4 is 11.6 Å². The highest BCUT2D eigenvalue weighted by Gasteiger charge is 2.35. The van der Waals surface area contributed by atoms with E-state index in [9.17, 15) is 4.79 Å². The van der Waals surface area contributed by atoms with Crippen molar-refractivity contribution < 1.29 is 9.32 Å². The molecule has 0 N–H and O–H groups in total. The highest BCUT2D eigenvalue weighted by molar-refractivity contribution is 5.97. The van der Waals surface area contributed by atoms with Gasteiger partial charge in [0.2, 0.25) is 11.8 Å². The van der Waals surface area contributed by atoms with Gasteiger partial charge in [-0.15, -0.1) is 0 Å². The fraction of sp³-hybridized carbons (Fsp3) is 0.357. The van der Waals surface area contributed by atoms with Gasteiger partial charge in [-0.3, -0.25) is 4.79 Å². The highest BCUT2D eigenvalue weighted by atomic mass is 16.5. The molecule has 0 radical (unpaired) electrons. The number of rotatable bonds is 2. The Morgan fingerprint density at radius 2 is 2.11 bits per heavy atom. The van der Waals surface area contributed by atoms with Crippen molar-refractivity contribution in [2.45, 2.75) is 26.2 Å². The van der Waals surface area contributed by atoms with Crippen molar-refractivity contribution in [3.8, 4) is 0 Å². The van der Waals surface area contributed by atoms with E-state index in [0.717, 1.165) is 11.3 Å². The van der Waals surface area contributed by atoms with Gasteiger partial charge in [-0.1, -0.05) is 23.4 Å². The maximum atomic E-state index is 12.2. The summed E-state index contributed by atoms with van der Waals surface area (Å²) in [6, 6.07) is 7.89. The number of para-hydroxylation sites is 1. The Kier molecular flexibility index (Phi) is 2.81. The Hall–Kier alpha value is -2.17. The minimum atomic E-state index is -0.00620. The fourth-order valence-corrected chi connectivity index (χ4v) is 2.45. The van der Waals surface area contributed by atoms with E-state index in [2.05, 4.69) is 10.1 Å². The van der Waals surface area contributed by atoms with Gasteiger partial charge in [-0.05, 0) is 25.5 Å². The summed E-state index contributed by atoms with van der Waals surface area (Å²) in [5.74, 6) is 1.27. The van der Waals surface area contributed by atoms with Gasteiger partial charge >= 0.3 is 0 Å². The summed E-state index contributed by atoms with van der Waals surface area (Å²) in [5.41, 5.74) is 2.06. The van der Waals surface area contributed by atoms with E-state index in [1.807, 2.05) is 31.2 Å². The summed E-state index contributed by atoms with van der Waals surface area (Å²) < 4.78 is 5.17. The average Bonchev–Trinajstić information content (AvgIpc) is 2.96. The molecule has 1 saturated heterocycles. The van der Waals surface area contributed by atoms with Gasteiger partial charge in [0, 0.05) is 18.7 Å². The Labute approximate surface area is 111 Å². The predicted molar refractivity (Wildman–Crippen MR) is 69.9 cm³/mol. The Morgan fingerprint density at radius 3 is 2.79 bits per heavy atom. The molecular weight excluding hydrogens is 242 g/mol. The van der Waals surface area contributed by atoms with Crippen molar-refractivity contribution in [2.24, 2.45) is 0 Å². The average molecular weight is 257 g/mol. The van der Waals surface area contributed by atoms with E-state index in [-0.39, 0.29) is 11.8 Å². The van der Waals surface area contributed by atoms with E-state index in [1.165, 1.54) is 0 Å². The van der Waals surface area contributed by atoms with Crippen molar-refractivity contribution in [1.82, 2.24) is 10.1 Å². The molecule has 5 heteroatoms. The third-order valence-electron chi connectivity index (χ3n) is 3.42. The summed E-state index contributed by atoms with van der Waals surface area (Å²) in [6.45, 7) is 4.39. The second-order valence-electron chi connectivity index (χ2n) is 4.87. The number of aryl methyl sites for hydroxylation is 2. The molecule has 1 aromatic carbocycles. The lowest BCUT2D eigenvalue weighted by molar-refractivity contribution is -0.117. The number of hydrogen-bond donors (Lipinski definition) is 0. The largest absolute Gasteiger partial charge is 0.339 e. The van der Waals surface area contributed by atoms with Gasteiger partial charge in [-0.25, -0.2) is 0 Å². The Balaban J connectivity index is 1.86. The molecule has 2 aromatic rings. The number of amides is 1. The molecule has 0 aliphatic carbocycles. The lowest BCUT2D eigenvalue weighted by Gasteiger charge is -2.18.